The maximum atomic E-state index is 12.8. The van der Waals surface area contributed by atoms with Crippen LogP contribution in [-0.4, -0.2) is 18.1 Å². The van der Waals surface area contributed by atoms with Crippen molar-refractivity contribution in [3.05, 3.63) is 35.1 Å². The Kier molecular flexibility index (Phi) is 5.78. The third-order valence-electron chi connectivity index (χ3n) is 1.85. The number of aliphatic hydroxyl groups is 1. The molecule has 1 rings (SSSR count). The minimum absolute atomic E-state index is 0. The van der Waals surface area contributed by atoms with Crippen LogP contribution in [-0.2, 0) is 16.3 Å². The van der Waals surface area contributed by atoms with Gasteiger partial charge in [-0.3, -0.25) is 0 Å². The molecule has 1 atom stereocenters. The molecule has 0 bridgehead atoms. The standard InChI is InChI=1S/C8H6F4O4S.Na/c9-6-2-1-4(7(13)17(14,15)16)3-5(6)8(10,11)12;/h1-3,7,13H,(H,14,15,16);/q;+1/p-1. The molecule has 0 spiro atoms. The Morgan fingerprint density at radius 1 is 1.28 bits per heavy atom. The van der Waals surface area contributed by atoms with E-state index in [2.05, 4.69) is 0 Å². The van der Waals surface area contributed by atoms with Crippen molar-refractivity contribution in [3.63, 3.8) is 0 Å². The van der Waals surface area contributed by atoms with Crippen LogP contribution in [0.25, 0.3) is 0 Å². The second-order valence-corrected chi connectivity index (χ2v) is 4.51. The molecule has 10 heteroatoms. The second kappa shape index (κ2) is 5.85. The molecular weight excluding hydrogens is 291 g/mol. The van der Waals surface area contributed by atoms with Gasteiger partial charge in [0.25, 0.3) is 0 Å². The third-order valence-corrected chi connectivity index (χ3v) is 2.67. The van der Waals surface area contributed by atoms with Gasteiger partial charge in [0, 0.05) is 0 Å². The van der Waals surface area contributed by atoms with Gasteiger partial charge in [0.15, 0.2) is 5.44 Å². The summed E-state index contributed by atoms with van der Waals surface area (Å²) >= 11 is 0. The van der Waals surface area contributed by atoms with E-state index in [0.29, 0.717) is 12.1 Å². The summed E-state index contributed by atoms with van der Waals surface area (Å²) in [5.74, 6) is -1.63. The van der Waals surface area contributed by atoms with Gasteiger partial charge in [-0.1, -0.05) is 6.07 Å². The Morgan fingerprint density at radius 3 is 2.17 bits per heavy atom. The monoisotopic (exact) mass is 296 g/mol. The molecule has 0 saturated carbocycles. The zero-order valence-electron chi connectivity index (χ0n) is 8.90. The zero-order valence-corrected chi connectivity index (χ0v) is 11.7. The zero-order chi connectivity index (χ0) is 13.4. The number of aliphatic hydroxyl groups excluding tert-OH is 1. The van der Waals surface area contributed by atoms with Crippen molar-refractivity contribution in [2.45, 2.75) is 11.6 Å². The third kappa shape index (κ3) is 4.18. The minimum atomic E-state index is -5.22. The Labute approximate surface area is 122 Å². The van der Waals surface area contributed by atoms with Crippen molar-refractivity contribution in [3.8, 4) is 0 Å². The largest absolute Gasteiger partial charge is 1.00 e. The number of alkyl halides is 3. The number of halogens is 4. The van der Waals surface area contributed by atoms with E-state index in [9.17, 15) is 30.5 Å². The van der Waals surface area contributed by atoms with Crippen LogP contribution in [0.4, 0.5) is 17.6 Å². The van der Waals surface area contributed by atoms with E-state index in [4.69, 9.17) is 5.11 Å². The van der Waals surface area contributed by atoms with Gasteiger partial charge in [-0.15, -0.1) is 0 Å². The van der Waals surface area contributed by atoms with Crippen molar-refractivity contribution in [2.75, 3.05) is 0 Å². The fraction of sp³-hybridized carbons (Fsp3) is 0.250. The Balaban J connectivity index is 0.00000289. The molecule has 0 aliphatic carbocycles. The van der Waals surface area contributed by atoms with Crippen LogP contribution in [0.1, 0.15) is 16.6 Å². The normalized spacial score (nSPS) is 13.9. The number of hydrogen-bond acceptors (Lipinski definition) is 4. The summed E-state index contributed by atoms with van der Waals surface area (Å²) in [5.41, 5.74) is -5.25. The molecule has 0 aromatic heterocycles. The average molecular weight is 296 g/mol. The molecule has 0 aliphatic rings. The molecule has 4 nitrogen and oxygen atoms in total. The molecule has 18 heavy (non-hydrogen) atoms. The molecule has 0 aliphatic heterocycles. The van der Waals surface area contributed by atoms with Gasteiger partial charge >= 0.3 is 35.7 Å². The van der Waals surface area contributed by atoms with Gasteiger partial charge in [-0.25, -0.2) is 12.8 Å². The van der Waals surface area contributed by atoms with Crippen LogP contribution in [0.2, 0.25) is 0 Å². The SMILES string of the molecule is O=S(=O)([O-])C(O)c1ccc(F)c(C(F)(F)F)c1.[Na+]. The van der Waals surface area contributed by atoms with E-state index in [1.807, 2.05) is 0 Å². The molecule has 96 valence electrons. The summed E-state index contributed by atoms with van der Waals surface area (Å²) in [4.78, 5) is 0. The molecule has 0 heterocycles. The van der Waals surface area contributed by atoms with Gasteiger partial charge in [-0.2, -0.15) is 13.2 Å². The molecule has 1 N–H and O–H groups in total. The Bertz CT molecular complexity index is 528. The molecule has 1 unspecified atom stereocenters. The molecular formula is C8H5F4NaO4S. The van der Waals surface area contributed by atoms with Crippen molar-refractivity contribution < 1.29 is 65.2 Å². The van der Waals surface area contributed by atoms with E-state index in [1.54, 1.807) is 0 Å². The van der Waals surface area contributed by atoms with Crippen molar-refractivity contribution in [1.29, 1.82) is 0 Å². The van der Waals surface area contributed by atoms with Crippen molar-refractivity contribution in [2.24, 2.45) is 0 Å². The maximum Gasteiger partial charge on any atom is 1.00 e. The first-order chi connectivity index (χ1) is 7.53. The van der Waals surface area contributed by atoms with Crippen LogP contribution in [0.15, 0.2) is 18.2 Å². The molecule has 0 saturated heterocycles. The van der Waals surface area contributed by atoms with E-state index >= 15 is 0 Å². The van der Waals surface area contributed by atoms with Crippen LogP contribution >= 0.6 is 0 Å². The number of benzene rings is 1. The van der Waals surface area contributed by atoms with Crippen LogP contribution in [0.3, 0.4) is 0 Å². The van der Waals surface area contributed by atoms with Crippen molar-refractivity contribution in [1.82, 2.24) is 0 Å². The molecule has 0 fully saturated rings. The van der Waals surface area contributed by atoms with Crippen molar-refractivity contribution >= 4 is 10.1 Å². The fourth-order valence-electron chi connectivity index (χ4n) is 1.08. The van der Waals surface area contributed by atoms with E-state index < -0.39 is 38.7 Å². The first-order valence-electron chi connectivity index (χ1n) is 4.03. The van der Waals surface area contributed by atoms with Gasteiger partial charge in [0.05, 0.1) is 5.56 Å². The first-order valence-corrected chi connectivity index (χ1v) is 5.50. The van der Waals surface area contributed by atoms with E-state index in [-0.39, 0.29) is 35.6 Å². The summed E-state index contributed by atoms with van der Waals surface area (Å²) < 4.78 is 80.7. The Hall–Kier alpha value is -0.190. The van der Waals surface area contributed by atoms with E-state index in [1.165, 1.54) is 0 Å². The molecule has 1 aromatic rings. The maximum absolute atomic E-state index is 12.8. The average Bonchev–Trinajstić information content (AvgIpc) is 2.14. The second-order valence-electron chi connectivity index (χ2n) is 3.08. The molecule has 1 aromatic carbocycles. The van der Waals surface area contributed by atoms with Crippen LogP contribution < -0.4 is 29.6 Å². The molecule has 0 amide bonds. The fourth-order valence-corrected chi connectivity index (χ4v) is 1.56. The van der Waals surface area contributed by atoms with Gasteiger partial charge in [0.2, 0.25) is 0 Å². The van der Waals surface area contributed by atoms with Gasteiger partial charge < -0.3 is 9.66 Å². The van der Waals surface area contributed by atoms with Gasteiger partial charge in [0.1, 0.15) is 15.9 Å². The van der Waals surface area contributed by atoms with Gasteiger partial charge in [-0.05, 0) is 17.7 Å². The summed E-state index contributed by atoms with van der Waals surface area (Å²) in [6.07, 6.45) is -5.05. The van der Waals surface area contributed by atoms with E-state index in [0.717, 1.165) is 0 Å². The first kappa shape index (κ1) is 17.8. The number of hydrogen-bond donors (Lipinski definition) is 1. The topological polar surface area (TPSA) is 77.4 Å². The predicted molar refractivity (Wildman–Crippen MR) is 46.1 cm³/mol. The summed E-state index contributed by atoms with van der Waals surface area (Å²) in [5, 5.41) is 8.95. The Morgan fingerprint density at radius 2 is 1.78 bits per heavy atom. The summed E-state index contributed by atoms with van der Waals surface area (Å²) in [6.45, 7) is 0. The van der Waals surface area contributed by atoms with Crippen LogP contribution in [0.5, 0.6) is 0 Å². The number of rotatable bonds is 2. The summed E-state index contributed by atoms with van der Waals surface area (Å²) in [7, 11) is -5.22. The molecule has 0 radical (unpaired) electrons. The summed E-state index contributed by atoms with van der Waals surface area (Å²) in [6, 6.07) is 0.993. The quantitative estimate of drug-likeness (QED) is 0.404. The van der Waals surface area contributed by atoms with Crippen LogP contribution in [0, 0.1) is 5.82 Å². The smallest absolute Gasteiger partial charge is 0.746 e. The predicted octanol–water partition coefficient (Wildman–Crippen LogP) is -1.62. The minimum Gasteiger partial charge on any atom is -0.746 e.